The summed E-state index contributed by atoms with van der Waals surface area (Å²) in [6, 6.07) is 0. The van der Waals surface area contributed by atoms with E-state index < -0.39 is 0 Å². The lowest BCUT2D eigenvalue weighted by molar-refractivity contribution is -0.142. The molecule has 4 saturated carbocycles. The average Bonchev–Trinajstić information content (AvgIpc) is 3.27. The van der Waals surface area contributed by atoms with E-state index >= 15 is 0 Å². The second-order valence-corrected chi connectivity index (χ2v) is 13.8. The van der Waals surface area contributed by atoms with Crippen LogP contribution in [0, 0.1) is 50.7 Å². The second-order valence-electron chi connectivity index (χ2n) is 13.8. The Morgan fingerprint density at radius 3 is 2.41 bits per heavy atom. The van der Waals surface area contributed by atoms with Crippen LogP contribution >= 0.6 is 0 Å². The van der Waals surface area contributed by atoms with Crippen molar-refractivity contribution < 1.29 is 9.59 Å². The monoisotopic (exact) mass is 436 g/mol. The molecule has 4 fully saturated rings. The second kappa shape index (κ2) is 6.70. The summed E-state index contributed by atoms with van der Waals surface area (Å²) in [6.07, 6.45) is 15.9. The van der Waals surface area contributed by atoms with Crippen molar-refractivity contribution in [2.45, 2.75) is 99.8 Å². The summed E-state index contributed by atoms with van der Waals surface area (Å²) in [4.78, 5) is 25.3. The van der Waals surface area contributed by atoms with Gasteiger partial charge in [-0.15, -0.1) is 0 Å². The van der Waals surface area contributed by atoms with Crippen molar-refractivity contribution >= 4 is 11.6 Å². The molecule has 0 saturated heterocycles. The Morgan fingerprint density at radius 2 is 1.72 bits per heavy atom. The molecule has 0 bridgehead atoms. The van der Waals surface area contributed by atoms with Crippen LogP contribution in [0.25, 0.3) is 0 Å². The van der Waals surface area contributed by atoms with E-state index in [1.54, 1.807) is 0 Å². The first-order valence-corrected chi connectivity index (χ1v) is 13.3. The molecule has 8 atom stereocenters. The number of carbonyl (C=O) groups excluding carboxylic acids is 2. The standard InChI is InChI=1S/C30H44O2/c1-19(2)16-21(31)17-20(3)22-10-12-28(7)24-9-8-23-26(4,5)25(32)11-13-29(23)18-30(24,29)15-14-27(22,28)6/h11,13,16,20,22-24H,8-10,12,14-15,17-18H2,1-7H3/t20-,22-,23+,24+,27-,28+,29+,30-/m1/s1. The lowest BCUT2D eigenvalue weighted by atomic mass is 9.42. The number of allylic oxidation sites excluding steroid dienone is 4. The Morgan fingerprint density at radius 1 is 1.03 bits per heavy atom. The van der Waals surface area contributed by atoms with E-state index in [0.717, 1.165) is 11.5 Å². The van der Waals surface area contributed by atoms with Gasteiger partial charge in [-0.25, -0.2) is 0 Å². The van der Waals surface area contributed by atoms with E-state index in [1.807, 2.05) is 26.0 Å². The molecule has 5 rings (SSSR count). The maximum absolute atomic E-state index is 12.7. The summed E-state index contributed by atoms with van der Waals surface area (Å²) < 4.78 is 0. The van der Waals surface area contributed by atoms with Crippen molar-refractivity contribution in [3.8, 4) is 0 Å². The van der Waals surface area contributed by atoms with E-state index in [0.29, 0.717) is 52.0 Å². The molecule has 0 radical (unpaired) electrons. The molecule has 0 N–H and O–H groups in total. The summed E-state index contributed by atoms with van der Waals surface area (Å²) in [6.45, 7) is 16.0. The highest BCUT2D eigenvalue weighted by Crippen LogP contribution is 2.88. The van der Waals surface area contributed by atoms with Crippen molar-refractivity contribution in [1.29, 1.82) is 0 Å². The smallest absolute Gasteiger partial charge is 0.161 e. The molecule has 5 aliphatic rings. The van der Waals surface area contributed by atoms with Gasteiger partial charge in [0, 0.05) is 11.8 Å². The van der Waals surface area contributed by atoms with E-state index in [1.165, 1.54) is 44.9 Å². The third-order valence-electron chi connectivity index (χ3n) is 12.1. The molecule has 0 aromatic heterocycles. The Balaban J connectivity index is 1.44. The molecular weight excluding hydrogens is 392 g/mol. The molecule has 32 heavy (non-hydrogen) atoms. The first-order valence-electron chi connectivity index (χ1n) is 13.3. The quantitative estimate of drug-likeness (QED) is 0.432. The van der Waals surface area contributed by atoms with Crippen molar-refractivity contribution in [2.75, 3.05) is 0 Å². The molecule has 0 heterocycles. The summed E-state index contributed by atoms with van der Waals surface area (Å²) in [5, 5.41) is 0. The van der Waals surface area contributed by atoms with Crippen molar-refractivity contribution in [2.24, 2.45) is 50.7 Å². The number of ketones is 2. The van der Waals surface area contributed by atoms with Gasteiger partial charge in [-0.3, -0.25) is 9.59 Å². The largest absolute Gasteiger partial charge is 0.295 e. The van der Waals surface area contributed by atoms with Crippen LogP contribution in [0.1, 0.15) is 99.8 Å². The molecular formula is C30H44O2. The minimum Gasteiger partial charge on any atom is -0.295 e. The number of carbonyl (C=O) groups is 2. The molecule has 0 aromatic carbocycles. The zero-order valence-electron chi connectivity index (χ0n) is 21.5. The van der Waals surface area contributed by atoms with Crippen LogP contribution in [0.4, 0.5) is 0 Å². The van der Waals surface area contributed by atoms with Crippen LogP contribution in [-0.2, 0) is 9.59 Å². The minimum atomic E-state index is -0.205. The molecule has 0 aromatic rings. The van der Waals surface area contributed by atoms with Gasteiger partial charge in [-0.1, -0.05) is 46.3 Å². The number of hydrogen-bond acceptors (Lipinski definition) is 2. The Labute approximate surface area is 195 Å². The summed E-state index contributed by atoms with van der Waals surface area (Å²) >= 11 is 0. The van der Waals surface area contributed by atoms with Crippen LogP contribution in [0.3, 0.4) is 0 Å². The van der Waals surface area contributed by atoms with Gasteiger partial charge in [-0.2, -0.15) is 0 Å². The molecule has 0 amide bonds. The topological polar surface area (TPSA) is 34.1 Å². The van der Waals surface area contributed by atoms with E-state index in [9.17, 15) is 9.59 Å². The summed E-state index contributed by atoms with van der Waals surface area (Å²) in [5.41, 5.74) is 2.30. The van der Waals surface area contributed by atoms with Crippen LogP contribution in [0.2, 0.25) is 0 Å². The van der Waals surface area contributed by atoms with E-state index in [-0.39, 0.29) is 10.8 Å². The molecule has 0 unspecified atom stereocenters. The fraction of sp³-hybridized carbons (Fsp3) is 0.800. The lowest BCUT2D eigenvalue weighted by Gasteiger charge is -2.62. The maximum Gasteiger partial charge on any atom is 0.161 e. The molecule has 2 spiro atoms. The van der Waals surface area contributed by atoms with Crippen molar-refractivity contribution in [3.05, 3.63) is 23.8 Å². The molecule has 0 aliphatic heterocycles. The maximum atomic E-state index is 12.7. The van der Waals surface area contributed by atoms with Gasteiger partial charge in [0.05, 0.1) is 0 Å². The highest BCUT2D eigenvalue weighted by molar-refractivity contribution is 5.96. The van der Waals surface area contributed by atoms with Gasteiger partial charge in [0.1, 0.15) is 0 Å². The zero-order valence-corrected chi connectivity index (χ0v) is 21.5. The van der Waals surface area contributed by atoms with E-state index in [2.05, 4.69) is 40.7 Å². The SMILES string of the molecule is CC(C)=CC(=O)C[C@@H](C)[C@H]1CC[C@@]2(C)[C@@H]3CC[C@H]4C(C)(C)C(=O)C=C[C@]45C[C@]35CC[C@]12C. The third-order valence-corrected chi connectivity index (χ3v) is 12.1. The predicted molar refractivity (Wildman–Crippen MR) is 130 cm³/mol. The zero-order chi connectivity index (χ0) is 23.3. The molecule has 5 aliphatic carbocycles. The van der Waals surface area contributed by atoms with Crippen molar-refractivity contribution in [3.63, 3.8) is 0 Å². The first-order chi connectivity index (χ1) is 14.8. The Bertz CT molecular complexity index is 919. The van der Waals surface area contributed by atoms with Gasteiger partial charge in [-0.05, 0) is 116 Å². The normalized spacial score (nSPS) is 48.7. The third kappa shape index (κ3) is 2.59. The van der Waals surface area contributed by atoms with E-state index in [4.69, 9.17) is 0 Å². The highest BCUT2D eigenvalue weighted by atomic mass is 16.1. The van der Waals surface area contributed by atoms with Gasteiger partial charge in [0.15, 0.2) is 11.6 Å². The summed E-state index contributed by atoms with van der Waals surface area (Å²) in [5.74, 6) is 3.04. The van der Waals surface area contributed by atoms with Gasteiger partial charge >= 0.3 is 0 Å². The van der Waals surface area contributed by atoms with Crippen LogP contribution in [0.15, 0.2) is 23.8 Å². The Kier molecular flexibility index (Phi) is 4.73. The average molecular weight is 437 g/mol. The Hall–Kier alpha value is -1.18. The molecule has 176 valence electrons. The van der Waals surface area contributed by atoms with Crippen molar-refractivity contribution in [1.82, 2.24) is 0 Å². The van der Waals surface area contributed by atoms with Gasteiger partial charge in [0.25, 0.3) is 0 Å². The lowest BCUT2D eigenvalue weighted by Crippen LogP contribution is -2.56. The molecule has 2 heteroatoms. The highest BCUT2D eigenvalue weighted by Gasteiger charge is 2.81. The van der Waals surface area contributed by atoms with Gasteiger partial charge < -0.3 is 0 Å². The van der Waals surface area contributed by atoms with Crippen LogP contribution in [-0.4, -0.2) is 11.6 Å². The predicted octanol–water partition coefficient (Wildman–Crippen LogP) is 7.33. The minimum absolute atomic E-state index is 0.205. The van der Waals surface area contributed by atoms with Gasteiger partial charge in [0.2, 0.25) is 0 Å². The number of hydrogen-bond donors (Lipinski definition) is 0. The fourth-order valence-corrected chi connectivity index (χ4v) is 10.4. The first kappa shape index (κ1) is 22.6. The number of rotatable bonds is 4. The summed E-state index contributed by atoms with van der Waals surface area (Å²) in [7, 11) is 0. The fourth-order valence-electron chi connectivity index (χ4n) is 10.4. The molecule has 2 nitrogen and oxygen atoms in total. The number of fused-ring (bicyclic) bond motifs is 2. The van der Waals surface area contributed by atoms with Crippen LogP contribution in [0.5, 0.6) is 0 Å². The van der Waals surface area contributed by atoms with Crippen LogP contribution < -0.4 is 0 Å².